The van der Waals surface area contributed by atoms with E-state index in [-0.39, 0.29) is 0 Å². The normalized spacial score (nSPS) is 46.9. The van der Waals surface area contributed by atoms with Crippen LogP contribution in [-0.4, -0.2) is 0 Å². The molecular weight excluding hydrogens is 216 g/mol. The van der Waals surface area contributed by atoms with Crippen LogP contribution in [0.1, 0.15) is 43.2 Å². The minimum Gasteiger partial charge on any atom is -0.0728 e. The highest BCUT2D eigenvalue weighted by Crippen LogP contribution is 2.65. The fraction of sp³-hybridized carbons (Fsp3) is 0.556. The number of fused-ring (bicyclic) bond motifs is 1. The molecule has 0 heterocycles. The summed E-state index contributed by atoms with van der Waals surface area (Å²) in [5.41, 5.74) is 3.62. The lowest BCUT2D eigenvalue weighted by Crippen LogP contribution is -2.54. The molecule has 1 aromatic rings. The molecule has 0 saturated heterocycles. The Kier molecular flexibility index (Phi) is 1.69. The van der Waals surface area contributed by atoms with Crippen LogP contribution in [0.2, 0.25) is 0 Å². The summed E-state index contributed by atoms with van der Waals surface area (Å²) >= 11 is 0. The first kappa shape index (κ1) is 9.83. The van der Waals surface area contributed by atoms with E-state index in [0.717, 1.165) is 23.7 Å². The number of hydrogen-bond donors (Lipinski definition) is 0. The molecule has 0 aliphatic heterocycles. The lowest BCUT2D eigenvalue weighted by molar-refractivity contribution is -0.0370. The molecule has 4 fully saturated rings. The first-order chi connectivity index (χ1) is 8.86. The summed E-state index contributed by atoms with van der Waals surface area (Å²) in [6, 6.07) is 9.17. The van der Waals surface area contributed by atoms with Crippen LogP contribution in [0.3, 0.4) is 0 Å². The van der Waals surface area contributed by atoms with Gasteiger partial charge in [0.2, 0.25) is 0 Å². The third kappa shape index (κ3) is 1.00. The van der Waals surface area contributed by atoms with Crippen LogP contribution in [0.5, 0.6) is 0 Å². The molecule has 0 N–H and O–H groups in total. The van der Waals surface area contributed by atoms with E-state index >= 15 is 0 Å². The lowest BCUT2D eigenvalue weighted by Gasteiger charge is -2.60. The van der Waals surface area contributed by atoms with E-state index < -0.39 is 0 Å². The Morgan fingerprint density at radius 1 is 0.833 bits per heavy atom. The predicted molar refractivity (Wildman–Crippen MR) is 74.2 cm³/mol. The molecule has 92 valence electrons. The highest BCUT2D eigenvalue weighted by Gasteiger charge is 2.57. The van der Waals surface area contributed by atoms with Gasteiger partial charge in [-0.25, -0.2) is 0 Å². The van der Waals surface area contributed by atoms with Gasteiger partial charge in [0.15, 0.2) is 0 Å². The van der Waals surface area contributed by atoms with E-state index in [0.29, 0.717) is 5.41 Å². The molecular formula is C18H20. The molecule has 0 heteroatoms. The second-order valence-corrected chi connectivity index (χ2v) is 7.16. The monoisotopic (exact) mass is 236 g/mol. The molecule has 0 nitrogen and oxygen atoms in total. The number of rotatable bonds is 0. The van der Waals surface area contributed by atoms with Crippen molar-refractivity contribution in [1.29, 1.82) is 0 Å². The molecule has 0 aromatic heterocycles. The minimum atomic E-state index is 0.448. The van der Waals surface area contributed by atoms with Crippen molar-refractivity contribution in [2.24, 2.45) is 23.7 Å². The van der Waals surface area contributed by atoms with Gasteiger partial charge in [-0.3, -0.25) is 0 Å². The molecule has 0 atom stereocenters. The Bertz CT molecular complexity index is 509. The maximum absolute atomic E-state index is 2.60. The molecule has 5 aliphatic rings. The average Bonchev–Trinajstić information content (AvgIpc) is 2.76. The fourth-order valence-corrected chi connectivity index (χ4v) is 6.03. The van der Waals surface area contributed by atoms with Crippen molar-refractivity contribution in [3.05, 3.63) is 41.5 Å². The summed E-state index contributed by atoms with van der Waals surface area (Å²) in [6.07, 6.45) is 12.6. The lowest BCUT2D eigenvalue weighted by atomic mass is 9.44. The summed E-state index contributed by atoms with van der Waals surface area (Å²) < 4.78 is 0. The zero-order valence-electron chi connectivity index (χ0n) is 10.8. The predicted octanol–water partition coefficient (Wildman–Crippen LogP) is 4.41. The van der Waals surface area contributed by atoms with E-state index in [9.17, 15) is 0 Å². The fourth-order valence-electron chi connectivity index (χ4n) is 6.03. The van der Waals surface area contributed by atoms with E-state index in [2.05, 4.69) is 36.4 Å². The molecule has 0 amide bonds. The van der Waals surface area contributed by atoms with Crippen molar-refractivity contribution in [2.75, 3.05) is 0 Å². The van der Waals surface area contributed by atoms with Crippen LogP contribution < -0.4 is 0 Å². The molecule has 18 heavy (non-hydrogen) atoms. The van der Waals surface area contributed by atoms with E-state index in [1.54, 1.807) is 12.0 Å². The van der Waals surface area contributed by atoms with Crippen molar-refractivity contribution in [3.8, 4) is 0 Å². The van der Waals surface area contributed by atoms with Crippen molar-refractivity contribution in [3.63, 3.8) is 0 Å². The van der Waals surface area contributed by atoms with Gasteiger partial charge in [-0.1, -0.05) is 36.4 Å². The second-order valence-electron chi connectivity index (χ2n) is 7.16. The first-order valence-corrected chi connectivity index (χ1v) is 7.65. The highest BCUT2D eigenvalue weighted by molar-refractivity contribution is 5.66. The zero-order chi connectivity index (χ0) is 11.7. The van der Waals surface area contributed by atoms with Gasteiger partial charge in [0.05, 0.1) is 0 Å². The molecule has 0 radical (unpaired) electrons. The first-order valence-electron chi connectivity index (χ1n) is 7.65. The molecule has 5 aliphatic carbocycles. The van der Waals surface area contributed by atoms with Crippen molar-refractivity contribution in [2.45, 2.75) is 37.5 Å². The molecule has 4 saturated carbocycles. The number of benzene rings is 1. The summed E-state index contributed by atoms with van der Waals surface area (Å²) in [5, 5.41) is 0. The Morgan fingerprint density at radius 3 is 2.22 bits per heavy atom. The van der Waals surface area contributed by atoms with Crippen molar-refractivity contribution in [1.82, 2.24) is 0 Å². The second kappa shape index (κ2) is 3.10. The van der Waals surface area contributed by atoms with Crippen molar-refractivity contribution >= 4 is 6.08 Å². The van der Waals surface area contributed by atoms with Gasteiger partial charge in [-0.05, 0) is 66.9 Å². The summed E-state index contributed by atoms with van der Waals surface area (Å²) in [6.45, 7) is 0. The van der Waals surface area contributed by atoms with Gasteiger partial charge in [0, 0.05) is 5.41 Å². The van der Waals surface area contributed by atoms with Gasteiger partial charge in [0.25, 0.3) is 0 Å². The van der Waals surface area contributed by atoms with E-state index in [1.165, 1.54) is 31.2 Å². The number of allylic oxidation sites excluding steroid dienone is 1. The van der Waals surface area contributed by atoms with Gasteiger partial charge in [0.1, 0.15) is 0 Å². The average molecular weight is 236 g/mol. The molecule has 4 bridgehead atoms. The van der Waals surface area contributed by atoms with Crippen LogP contribution in [0, 0.1) is 23.7 Å². The summed E-state index contributed by atoms with van der Waals surface area (Å²) in [5.74, 6) is 4.04. The Hall–Kier alpha value is -1.04. The maximum Gasteiger partial charge on any atom is 0.0198 e. The topological polar surface area (TPSA) is 0 Å². The SMILES string of the molecule is C1=CC2(c3ccccc31)C1CC3CC(C1)CC2C3. The van der Waals surface area contributed by atoms with Crippen LogP contribution >= 0.6 is 0 Å². The van der Waals surface area contributed by atoms with Crippen LogP contribution in [-0.2, 0) is 5.41 Å². The van der Waals surface area contributed by atoms with Gasteiger partial charge in [-0.15, -0.1) is 0 Å². The zero-order valence-corrected chi connectivity index (χ0v) is 10.8. The Balaban J connectivity index is 1.71. The van der Waals surface area contributed by atoms with E-state index in [4.69, 9.17) is 0 Å². The largest absolute Gasteiger partial charge is 0.0728 e. The van der Waals surface area contributed by atoms with Crippen LogP contribution in [0.25, 0.3) is 6.08 Å². The Labute approximate surface area is 109 Å². The smallest absolute Gasteiger partial charge is 0.0198 e. The summed E-state index contributed by atoms with van der Waals surface area (Å²) in [4.78, 5) is 0. The van der Waals surface area contributed by atoms with Crippen LogP contribution in [0.15, 0.2) is 30.3 Å². The standard InChI is InChI=1S/C18H20/c1-2-4-17-14(3-1)5-6-18(17)15-8-12-7-13(10-15)11-16(18)9-12/h1-6,12-13,15-16H,7-11H2. The van der Waals surface area contributed by atoms with Crippen molar-refractivity contribution < 1.29 is 0 Å². The van der Waals surface area contributed by atoms with Crippen LogP contribution in [0.4, 0.5) is 0 Å². The molecule has 1 spiro atoms. The third-order valence-electron chi connectivity index (χ3n) is 6.46. The molecule has 6 rings (SSSR count). The highest BCUT2D eigenvalue weighted by atomic mass is 14.6. The third-order valence-corrected chi connectivity index (χ3v) is 6.46. The molecule has 1 aromatic carbocycles. The summed E-state index contributed by atoms with van der Waals surface area (Å²) in [7, 11) is 0. The number of hydrogen-bond acceptors (Lipinski definition) is 0. The molecule has 0 unspecified atom stereocenters. The van der Waals surface area contributed by atoms with Gasteiger partial charge < -0.3 is 0 Å². The van der Waals surface area contributed by atoms with E-state index in [1.807, 2.05) is 0 Å². The minimum absolute atomic E-state index is 0.448. The van der Waals surface area contributed by atoms with Gasteiger partial charge >= 0.3 is 0 Å². The Morgan fingerprint density at radius 2 is 1.50 bits per heavy atom. The van der Waals surface area contributed by atoms with Gasteiger partial charge in [-0.2, -0.15) is 0 Å². The quantitative estimate of drug-likeness (QED) is 0.626. The maximum atomic E-state index is 2.60.